The molecular weight excluding hydrogens is 211 g/mol. The maximum atomic E-state index is 11.7. The Hall–Kier alpha value is -0.620. The number of alkyl halides is 3. The van der Waals surface area contributed by atoms with Crippen molar-refractivity contribution in [2.75, 3.05) is 26.2 Å². The van der Waals surface area contributed by atoms with E-state index in [2.05, 4.69) is 4.74 Å². The molecule has 0 aromatic carbocycles. The number of rotatable bonds is 3. The van der Waals surface area contributed by atoms with Gasteiger partial charge in [-0.15, -0.1) is 13.2 Å². The van der Waals surface area contributed by atoms with Gasteiger partial charge in [-0.3, -0.25) is 14.4 Å². The van der Waals surface area contributed by atoms with Gasteiger partial charge in [0.05, 0.1) is 6.61 Å². The van der Waals surface area contributed by atoms with E-state index in [1.807, 2.05) is 4.90 Å². The summed E-state index contributed by atoms with van der Waals surface area (Å²) in [6.45, 7) is 2.70. The van der Waals surface area contributed by atoms with Crippen LogP contribution in [0.4, 0.5) is 13.2 Å². The summed E-state index contributed by atoms with van der Waals surface area (Å²) in [5.41, 5.74) is 0. The molecule has 0 aromatic rings. The zero-order valence-electron chi connectivity index (χ0n) is 8.51. The monoisotopic (exact) mass is 225 g/mol. The first kappa shape index (κ1) is 12.4. The highest BCUT2D eigenvalue weighted by Crippen LogP contribution is 2.17. The average Bonchev–Trinajstić information content (AvgIpc) is 2.09. The molecule has 1 unspecified atom stereocenters. The Morgan fingerprint density at radius 1 is 1.53 bits per heavy atom. The molecular formula is C9H14F3NO2. The molecule has 1 fully saturated rings. The second-order valence-electron chi connectivity index (χ2n) is 3.71. The molecule has 0 N–H and O–H groups in total. The number of likely N-dealkylation sites (tertiary alicyclic amines) is 1. The Labute approximate surface area is 86.2 Å². The number of hydrogen-bond acceptors (Lipinski definition) is 3. The number of piperidine rings is 1. The average molecular weight is 225 g/mol. The van der Waals surface area contributed by atoms with Crippen molar-refractivity contribution in [3.63, 3.8) is 0 Å². The van der Waals surface area contributed by atoms with Crippen molar-refractivity contribution < 1.29 is 22.7 Å². The zero-order chi connectivity index (χ0) is 11.5. The van der Waals surface area contributed by atoms with Crippen LogP contribution in [0.1, 0.15) is 13.3 Å². The molecule has 0 radical (unpaired) electrons. The summed E-state index contributed by atoms with van der Waals surface area (Å²) in [7, 11) is 0. The maximum absolute atomic E-state index is 11.7. The van der Waals surface area contributed by atoms with Crippen LogP contribution in [0.15, 0.2) is 0 Å². The normalized spacial score (nSPS) is 24.5. The summed E-state index contributed by atoms with van der Waals surface area (Å²) in [5.74, 6) is 0.104. The first-order valence-corrected chi connectivity index (χ1v) is 4.84. The molecule has 0 aromatic heterocycles. The molecule has 1 heterocycles. The lowest BCUT2D eigenvalue weighted by atomic mass is 9.99. The lowest BCUT2D eigenvalue weighted by molar-refractivity contribution is -0.325. The fourth-order valence-corrected chi connectivity index (χ4v) is 1.59. The Morgan fingerprint density at radius 3 is 2.73 bits per heavy atom. The largest absolute Gasteiger partial charge is 0.522 e. The van der Waals surface area contributed by atoms with Gasteiger partial charge >= 0.3 is 6.36 Å². The van der Waals surface area contributed by atoms with Crippen LogP contribution in [-0.4, -0.2) is 43.3 Å². The van der Waals surface area contributed by atoms with Gasteiger partial charge in [-0.25, -0.2) is 0 Å². The molecule has 0 amide bonds. The Bertz CT molecular complexity index is 230. The molecule has 1 aliphatic rings. The van der Waals surface area contributed by atoms with Gasteiger partial charge in [-0.2, -0.15) is 0 Å². The van der Waals surface area contributed by atoms with E-state index in [0.717, 1.165) is 0 Å². The number of ether oxygens (including phenoxy) is 1. The van der Waals surface area contributed by atoms with Gasteiger partial charge < -0.3 is 0 Å². The maximum Gasteiger partial charge on any atom is 0.522 e. The van der Waals surface area contributed by atoms with Crippen molar-refractivity contribution in [2.24, 2.45) is 5.92 Å². The molecule has 1 rings (SSSR count). The van der Waals surface area contributed by atoms with Crippen LogP contribution in [0.2, 0.25) is 0 Å². The minimum atomic E-state index is -4.56. The quantitative estimate of drug-likeness (QED) is 0.727. The molecule has 0 bridgehead atoms. The minimum absolute atomic E-state index is 0.0790. The number of halogens is 3. The third-order valence-corrected chi connectivity index (χ3v) is 2.43. The van der Waals surface area contributed by atoms with Crippen LogP contribution in [0, 0.1) is 5.92 Å². The van der Waals surface area contributed by atoms with E-state index in [0.29, 0.717) is 19.5 Å². The lowest BCUT2D eigenvalue weighted by Crippen LogP contribution is -2.41. The third kappa shape index (κ3) is 4.61. The molecule has 0 saturated carbocycles. The summed E-state index contributed by atoms with van der Waals surface area (Å²) in [6, 6.07) is 0. The minimum Gasteiger partial charge on any atom is -0.300 e. The van der Waals surface area contributed by atoms with Crippen molar-refractivity contribution in [2.45, 2.75) is 19.7 Å². The van der Waals surface area contributed by atoms with Gasteiger partial charge in [-0.05, 0) is 0 Å². The number of carbonyl (C=O) groups is 1. The first-order valence-electron chi connectivity index (χ1n) is 4.84. The van der Waals surface area contributed by atoms with Crippen LogP contribution in [0.5, 0.6) is 0 Å². The number of carbonyl (C=O) groups excluding carboxylic acids is 1. The van der Waals surface area contributed by atoms with E-state index >= 15 is 0 Å². The Morgan fingerprint density at radius 2 is 2.20 bits per heavy atom. The van der Waals surface area contributed by atoms with E-state index in [1.54, 1.807) is 6.92 Å². The van der Waals surface area contributed by atoms with Crippen LogP contribution in [0.25, 0.3) is 0 Å². The van der Waals surface area contributed by atoms with E-state index in [4.69, 9.17) is 0 Å². The molecule has 3 nitrogen and oxygen atoms in total. The standard InChI is InChI=1S/C9H14F3NO2/c1-7-6-13(3-2-8(7)14)4-5-15-9(10,11)12/h7H,2-6H2,1H3. The number of ketones is 1. The summed E-state index contributed by atoms with van der Waals surface area (Å²) in [4.78, 5) is 13.0. The van der Waals surface area contributed by atoms with Crippen molar-refractivity contribution in [3.05, 3.63) is 0 Å². The van der Waals surface area contributed by atoms with Gasteiger partial charge in [0, 0.05) is 32.0 Å². The van der Waals surface area contributed by atoms with E-state index in [-0.39, 0.29) is 24.9 Å². The molecule has 88 valence electrons. The predicted octanol–water partition coefficient (Wildman–Crippen LogP) is 1.43. The molecule has 0 spiro atoms. The first-order chi connectivity index (χ1) is 6.88. The molecule has 1 saturated heterocycles. The second-order valence-corrected chi connectivity index (χ2v) is 3.71. The molecule has 6 heteroatoms. The third-order valence-electron chi connectivity index (χ3n) is 2.43. The SMILES string of the molecule is CC1CN(CCOC(F)(F)F)CCC1=O. The number of nitrogens with zero attached hydrogens (tertiary/aromatic N) is 1. The van der Waals surface area contributed by atoms with Gasteiger partial charge in [0.1, 0.15) is 5.78 Å². The van der Waals surface area contributed by atoms with Crippen molar-refractivity contribution >= 4 is 5.78 Å². The number of Topliss-reactive ketones (excluding diaryl/α,β-unsaturated/α-hetero) is 1. The van der Waals surface area contributed by atoms with Crippen LogP contribution in [-0.2, 0) is 9.53 Å². The Balaban J connectivity index is 2.20. The highest BCUT2D eigenvalue weighted by Gasteiger charge is 2.29. The van der Waals surface area contributed by atoms with Crippen LogP contribution < -0.4 is 0 Å². The van der Waals surface area contributed by atoms with E-state index in [1.165, 1.54) is 0 Å². The molecule has 1 aliphatic heterocycles. The highest BCUT2D eigenvalue weighted by atomic mass is 19.4. The second kappa shape index (κ2) is 4.94. The zero-order valence-corrected chi connectivity index (χ0v) is 8.51. The van der Waals surface area contributed by atoms with Crippen LogP contribution in [0.3, 0.4) is 0 Å². The van der Waals surface area contributed by atoms with Gasteiger partial charge in [0.25, 0.3) is 0 Å². The predicted molar refractivity (Wildman–Crippen MR) is 47.2 cm³/mol. The van der Waals surface area contributed by atoms with Crippen molar-refractivity contribution in [1.82, 2.24) is 4.90 Å². The summed E-state index contributed by atoms with van der Waals surface area (Å²) in [6.07, 6.45) is -4.13. The summed E-state index contributed by atoms with van der Waals surface area (Å²) >= 11 is 0. The number of hydrogen-bond donors (Lipinski definition) is 0. The van der Waals surface area contributed by atoms with E-state index < -0.39 is 6.36 Å². The van der Waals surface area contributed by atoms with E-state index in [9.17, 15) is 18.0 Å². The van der Waals surface area contributed by atoms with Gasteiger partial charge in [-0.1, -0.05) is 6.92 Å². The van der Waals surface area contributed by atoms with Crippen molar-refractivity contribution in [1.29, 1.82) is 0 Å². The van der Waals surface area contributed by atoms with Crippen molar-refractivity contribution in [3.8, 4) is 0 Å². The lowest BCUT2D eigenvalue weighted by Gasteiger charge is -2.29. The topological polar surface area (TPSA) is 29.5 Å². The molecule has 0 aliphatic carbocycles. The molecule has 15 heavy (non-hydrogen) atoms. The van der Waals surface area contributed by atoms with Crippen LogP contribution >= 0.6 is 0 Å². The van der Waals surface area contributed by atoms with Gasteiger partial charge in [0.15, 0.2) is 0 Å². The molecule has 1 atom stereocenters. The summed E-state index contributed by atoms with van der Waals surface area (Å²) in [5, 5.41) is 0. The smallest absolute Gasteiger partial charge is 0.300 e. The fourth-order valence-electron chi connectivity index (χ4n) is 1.59. The van der Waals surface area contributed by atoms with Gasteiger partial charge in [0.2, 0.25) is 0 Å². The Kier molecular flexibility index (Phi) is 4.10. The summed E-state index contributed by atoms with van der Waals surface area (Å²) < 4.78 is 38.6. The highest BCUT2D eigenvalue weighted by molar-refractivity contribution is 5.81. The fraction of sp³-hybridized carbons (Fsp3) is 0.889.